The Balaban J connectivity index is 1.84. The molecule has 0 saturated carbocycles. The zero-order chi connectivity index (χ0) is 11.7. The first kappa shape index (κ1) is 10.3. The van der Waals surface area contributed by atoms with E-state index in [2.05, 4.69) is 25.4 Å². The molecule has 0 aliphatic carbocycles. The first-order valence-corrected chi connectivity index (χ1v) is 5.34. The summed E-state index contributed by atoms with van der Waals surface area (Å²) in [5, 5.41) is 16.4. The van der Waals surface area contributed by atoms with Crippen LogP contribution in [0.1, 0.15) is 18.4 Å². The predicted molar refractivity (Wildman–Crippen MR) is 56.7 cm³/mol. The molecule has 3 heterocycles. The molecule has 0 aromatic carbocycles. The van der Waals surface area contributed by atoms with Crippen molar-refractivity contribution in [3.63, 3.8) is 0 Å². The van der Waals surface area contributed by atoms with Gasteiger partial charge in [0.25, 0.3) is 0 Å². The van der Waals surface area contributed by atoms with Crippen LogP contribution in [0, 0.1) is 0 Å². The van der Waals surface area contributed by atoms with Crippen LogP contribution in [0.4, 0.5) is 0 Å². The summed E-state index contributed by atoms with van der Waals surface area (Å²) in [5.74, 6) is 0.917. The maximum atomic E-state index is 9.41. The van der Waals surface area contributed by atoms with E-state index in [9.17, 15) is 5.11 Å². The van der Waals surface area contributed by atoms with Crippen LogP contribution in [0.3, 0.4) is 0 Å². The molecule has 88 valence electrons. The highest BCUT2D eigenvalue weighted by atomic mass is 16.5. The first-order chi connectivity index (χ1) is 8.33. The van der Waals surface area contributed by atoms with Gasteiger partial charge < -0.3 is 14.9 Å². The highest BCUT2D eigenvalue weighted by molar-refractivity contribution is 5.46. The molecule has 0 bridgehead atoms. The summed E-state index contributed by atoms with van der Waals surface area (Å²) in [5.41, 5.74) is 0.619. The molecule has 2 atom stereocenters. The molecule has 0 radical (unpaired) electrons. The Morgan fingerprint density at radius 1 is 1.47 bits per heavy atom. The minimum absolute atomic E-state index is 0.0758. The molecule has 2 aromatic heterocycles. The van der Waals surface area contributed by atoms with Crippen molar-refractivity contribution in [1.29, 1.82) is 0 Å². The Morgan fingerprint density at radius 2 is 2.41 bits per heavy atom. The predicted octanol–water partition coefficient (Wildman–Crippen LogP) is -0.0781. The lowest BCUT2D eigenvalue weighted by atomic mass is 10.2. The number of nitrogens with zero attached hydrogens (tertiary/aromatic N) is 4. The third-order valence-corrected chi connectivity index (χ3v) is 2.66. The van der Waals surface area contributed by atoms with Gasteiger partial charge in [-0.15, -0.1) is 0 Å². The summed E-state index contributed by atoms with van der Waals surface area (Å²) in [4.78, 5) is 12.1. The molecule has 0 spiro atoms. The Morgan fingerprint density at radius 3 is 3.12 bits per heavy atom. The summed E-state index contributed by atoms with van der Waals surface area (Å²) in [7, 11) is 0. The van der Waals surface area contributed by atoms with Gasteiger partial charge in [0.15, 0.2) is 0 Å². The fourth-order valence-electron chi connectivity index (χ4n) is 1.81. The van der Waals surface area contributed by atoms with Crippen LogP contribution in [0.25, 0.3) is 11.5 Å². The molecule has 1 saturated heterocycles. The molecule has 7 heteroatoms. The number of nitrogens with one attached hydrogen (secondary N) is 1. The molecular weight excluding hydrogens is 222 g/mol. The highest BCUT2D eigenvalue weighted by Gasteiger charge is 2.28. The van der Waals surface area contributed by atoms with Gasteiger partial charge in [0.2, 0.25) is 11.7 Å². The molecule has 2 aromatic rings. The smallest absolute Gasteiger partial charge is 0.244 e. The second-order valence-electron chi connectivity index (χ2n) is 3.90. The van der Waals surface area contributed by atoms with E-state index in [1.54, 1.807) is 12.3 Å². The third-order valence-electron chi connectivity index (χ3n) is 2.66. The fraction of sp³-hybridized carbons (Fsp3) is 0.400. The Labute approximate surface area is 96.9 Å². The van der Waals surface area contributed by atoms with E-state index in [4.69, 9.17) is 4.52 Å². The molecular formula is C10H11N5O2. The average Bonchev–Trinajstić information content (AvgIpc) is 2.98. The Hall–Kier alpha value is -1.86. The number of hydrogen-bond acceptors (Lipinski definition) is 7. The standard InChI is InChI=1S/C10H11N5O2/c16-6-3-8(12-4-6)10-14-9(15-17-10)7-1-2-11-5-13-7/h1-2,5-6,8,12,16H,3-4H2. The monoisotopic (exact) mass is 233 g/mol. The minimum Gasteiger partial charge on any atom is -0.392 e. The van der Waals surface area contributed by atoms with Crippen LogP contribution < -0.4 is 5.32 Å². The van der Waals surface area contributed by atoms with Crippen LogP contribution in [0.5, 0.6) is 0 Å². The van der Waals surface area contributed by atoms with Crippen molar-refractivity contribution in [1.82, 2.24) is 25.4 Å². The van der Waals surface area contributed by atoms with E-state index in [1.807, 2.05) is 0 Å². The van der Waals surface area contributed by atoms with Crippen LogP contribution in [0.15, 0.2) is 23.1 Å². The number of hydrogen-bond donors (Lipinski definition) is 2. The molecule has 1 aliphatic heterocycles. The largest absolute Gasteiger partial charge is 0.392 e. The van der Waals surface area contributed by atoms with E-state index in [0.29, 0.717) is 30.4 Å². The summed E-state index contributed by atoms with van der Waals surface area (Å²) < 4.78 is 5.16. The quantitative estimate of drug-likeness (QED) is 0.748. The zero-order valence-electron chi connectivity index (χ0n) is 8.95. The average molecular weight is 233 g/mol. The van der Waals surface area contributed by atoms with E-state index in [1.165, 1.54) is 6.33 Å². The second-order valence-corrected chi connectivity index (χ2v) is 3.90. The van der Waals surface area contributed by atoms with Gasteiger partial charge in [-0.3, -0.25) is 0 Å². The lowest BCUT2D eigenvalue weighted by Crippen LogP contribution is -2.15. The van der Waals surface area contributed by atoms with Crippen LogP contribution in [0.2, 0.25) is 0 Å². The van der Waals surface area contributed by atoms with Gasteiger partial charge in [-0.05, 0) is 12.5 Å². The zero-order valence-corrected chi connectivity index (χ0v) is 8.95. The van der Waals surface area contributed by atoms with Gasteiger partial charge >= 0.3 is 0 Å². The van der Waals surface area contributed by atoms with Gasteiger partial charge in [0.1, 0.15) is 12.0 Å². The van der Waals surface area contributed by atoms with E-state index >= 15 is 0 Å². The van der Waals surface area contributed by atoms with Gasteiger partial charge in [-0.1, -0.05) is 5.16 Å². The molecule has 2 unspecified atom stereocenters. The summed E-state index contributed by atoms with van der Waals surface area (Å²) in [6.45, 7) is 0.551. The molecule has 3 rings (SSSR count). The molecule has 17 heavy (non-hydrogen) atoms. The third kappa shape index (κ3) is 2.02. The lowest BCUT2D eigenvalue weighted by Gasteiger charge is -2.01. The van der Waals surface area contributed by atoms with Crippen molar-refractivity contribution in [2.75, 3.05) is 6.54 Å². The van der Waals surface area contributed by atoms with Crippen LogP contribution >= 0.6 is 0 Å². The van der Waals surface area contributed by atoms with Crippen LogP contribution in [-0.2, 0) is 0 Å². The number of rotatable bonds is 2. The van der Waals surface area contributed by atoms with Gasteiger partial charge in [0.05, 0.1) is 12.1 Å². The Kier molecular flexibility index (Phi) is 2.54. The summed E-state index contributed by atoms with van der Waals surface area (Å²) in [6, 6.07) is 1.64. The molecule has 2 N–H and O–H groups in total. The van der Waals surface area contributed by atoms with Gasteiger partial charge in [0, 0.05) is 12.7 Å². The van der Waals surface area contributed by atoms with E-state index in [-0.39, 0.29) is 12.1 Å². The molecule has 7 nitrogen and oxygen atoms in total. The maximum Gasteiger partial charge on any atom is 0.244 e. The number of aliphatic hydroxyl groups excluding tert-OH is 1. The van der Waals surface area contributed by atoms with Crippen molar-refractivity contribution in [3.05, 3.63) is 24.5 Å². The number of aliphatic hydroxyl groups is 1. The van der Waals surface area contributed by atoms with Crippen molar-refractivity contribution in [3.8, 4) is 11.5 Å². The number of aromatic nitrogens is 4. The lowest BCUT2D eigenvalue weighted by molar-refractivity contribution is 0.191. The van der Waals surface area contributed by atoms with Crippen LogP contribution in [-0.4, -0.2) is 37.9 Å². The molecule has 0 amide bonds. The van der Waals surface area contributed by atoms with Crippen molar-refractivity contribution < 1.29 is 9.63 Å². The number of β-amino-alcohol motifs (C(OH)–C–C–N with tert-alkyl or cyclic N) is 1. The first-order valence-electron chi connectivity index (χ1n) is 5.34. The molecule has 1 aliphatic rings. The van der Waals surface area contributed by atoms with Gasteiger partial charge in [-0.2, -0.15) is 4.98 Å². The maximum absolute atomic E-state index is 9.41. The molecule has 1 fully saturated rings. The topological polar surface area (TPSA) is 97.0 Å². The van der Waals surface area contributed by atoms with Crippen molar-refractivity contribution in [2.45, 2.75) is 18.6 Å². The van der Waals surface area contributed by atoms with Crippen molar-refractivity contribution in [2.24, 2.45) is 0 Å². The highest BCUT2D eigenvalue weighted by Crippen LogP contribution is 2.23. The SMILES string of the molecule is OC1CNC(c2nc(-c3ccncn3)no2)C1. The fourth-order valence-corrected chi connectivity index (χ4v) is 1.81. The normalized spacial score (nSPS) is 24.1. The second kappa shape index (κ2) is 4.19. The van der Waals surface area contributed by atoms with E-state index < -0.39 is 0 Å². The summed E-state index contributed by atoms with van der Waals surface area (Å²) >= 11 is 0. The summed E-state index contributed by atoms with van der Waals surface area (Å²) in [6.07, 6.45) is 3.29. The minimum atomic E-state index is -0.352. The Bertz CT molecular complexity index is 500. The van der Waals surface area contributed by atoms with Gasteiger partial charge in [-0.25, -0.2) is 9.97 Å². The van der Waals surface area contributed by atoms with Crippen molar-refractivity contribution >= 4 is 0 Å². The van der Waals surface area contributed by atoms with E-state index in [0.717, 1.165) is 0 Å².